The highest BCUT2D eigenvalue weighted by Gasteiger charge is 2.33. The Labute approximate surface area is 95.8 Å². The molecule has 2 saturated carbocycles. The zero-order valence-corrected chi connectivity index (χ0v) is 10.7. The van der Waals surface area contributed by atoms with E-state index in [-0.39, 0.29) is 0 Å². The normalized spacial score (nSPS) is 27.4. The second kappa shape index (κ2) is 5.37. The van der Waals surface area contributed by atoms with Gasteiger partial charge < -0.3 is 0 Å². The summed E-state index contributed by atoms with van der Waals surface area (Å²) in [6.45, 7) is 4.94. The van der Waals surface area contributed by atoms with E-state index in [0.717, 1.165) is 23.7 Å². The van der Waals surface area contributed by atoms with Crippen LogP contribution in [0.25, 0.3) is 0 Å². The molecule has 2 aliphatic carbocycles. The lowest BCUT2D eigenvalue weighted by atomic mass is 9.69. The van der Waals surface area contributed by atoms with Crippen LogP contribution in [0.4, 0.5) is 0 Å². The highest BCUT2D eigenvalue weighted by molar-refractivity contribution is 4.84. The van der Waals surface area contributed by atoms with Gasteiger partial charge in [-0.3, -0.25) is 0 Å². The van der Waals surface area contributed by atoms with Crippen LogP contribution in [-0.4, -0.2) is 0 Å². The molecule has 0 heterocycles. The van der Waals surface area contributed by atoms with Crippen LogP contribution in [0.3, 0.4) is 0 Å². The SMILES string of the molecule is CC(C)C(C1CCCCC1)C1CCCC1. The predicted molar refractivity (Wildman–Crippen MR) is 66.9 cm³/mol. The Morgan fingerprint density at radius 2 is 1.07 bits per heavy atom. The van der Waals surface area contributed by atoms with Gasteiger partial charge in [-0.2, -0.15) is 0 Å². The van der Waals surface area contributed by atoms with Crippen molar-refractivity contribution in [1.29, 1.82) is 0 Å². The Bertz CT molecular complexity index is 170. The molecule has 2 aliphatic rings. The largest absolute Gasteiger partial charge is 0.0625 e. The molecule has 2 fully saturated rings. The maximum absolute atomic E-state index is 2.47. The van der Waals surface area contributed by atoms with Crippen molar-refractivity contribution >= 4 is 0 Å². The summed E-state index contributed by atoms with van der Waals surface area (Å²) in [5, 5.41) is 0. The summed E-state index contributed by atoms with van der Waals surface area (Å²) in [4.78, 5) is 0. The van der Waals surface area contributed by atoms with E-state index in [1.807, 2.05) is 0 Å². The van der Waals surface area contributed by atoms with Crippen molar-refractivity contribution in [3.8, 4) is 0 Å². The molecule has 0 saturated heterocycles. The summed E-state index contributed by atoms with van der Waals surface area (Å²) in [6.07, 6.45) is 13.7. The molecule has 1 unspecified atom stereocenters. The second-order valence-corrected chi connectivity index (χ2v) is 6.26. The molecule has 15 heavy (non-hydrogen) atoms. The number of hydrogen-bond acceptors (Lipinski definition) is 0. The molecule has 0 N–H and O–H groups in total. The number of hydrogen-bond donors (Lipinski definition) is 0. The van der Waals surface area contributed by atoms with E-state index in [1.54, 1.807) is 25.7 Å². The molecule has 0 aromatic rings. The van der Waals surface area contributed by atoms with Gasteiger partial charge in [0.15, 0.2) is 0 Å². The average Bonchev–Trinajstić information content (AvgIpc) is 2.72. The first-order valence-corrected chi connectivity index (χ1v) is 7.29. The van der Waals surface area contributed by atoms with Crippen LogP contribution in [0.1, 0.15) is 71.6 Å². The van der Waals surface area contributed by atoms with Crippen LogP contribution >= 0.6 is 0 Å². The maximum atomic E-state index is 2.47. The van der Waals surface area contributed by atoms with E-state index >= 15 is 0 Å². The van der Waals surface area contributed by atoms with Crippen LogP contribution in [0, 0.1) is 23.7 Å². The van der Waals surface area contributed by atoms with Gasteiger partial charge in [-0.25, -0.2) is 0 Å². The van der Waals surface area contributed by atoms with Gasteiger partial charge in [-0.05, 0) is 23.7 Å². The Morgan fingerprint density at radius 3 is 1.47 bits per heavy atom. The van der Waals surface area contributed by atoms with E-state index in [2.05, 4.69) is 13.8 Å². The van der Waals surface area contributed by atoms with Gasteiger partial charge in [0.2, 0.25) is 0 Å². The van der Waals surface area contributed by atoms with Gasteiger partial charge >= 0.3 is 0 Å². The molecule has 0 amide bonds. The van der Waals surface area contributed by atoms with E-state index in [9.17, 15) is 0 Å². The van der Waals surface area contributed by atoms with E-state index in [4.69, 9.17) is 0 Å². The van der Waals surface area contributed by atoms with Crippen molar-refractivity contribution in [3.63, 3.8) is 0 Å². The molecule has 0 spiro atoms. The lowest BCUT2D eigenvalue weighted by Crippen LogP contribution is -2.28. The highest BCUT2D eigenvalue weighted by atomic mass is 14.4. The van der Waals surface area contributed by atoms with Crippen molar-refractivity contribution in [2.75, 3.05) is 0 Å². The first-order chi connectivity index (χ1) is 7.29. The van der Waals surface area contributed by atoms with E-state index in [1.165, 1.54) is 32.1 Å². The predicted octanol–water partition coefficient (Wildman–Crippen LogP) is 5.03. The van der Waals surface area contributed by atoms with Crippen LogP contribution < -0.4 is 0 Å². The zero-order chi connectivity index (χ0) is 10.7. The second-order valence-electron chi connectivity index (χ2n) is 6.26. The van der Waals surface area contributed by atoms with Gasteiger partial charge in [0, 0.05) is 0 Å². The molecular weight excluding hydrogens is 180 g/mol. The summed E-state index contributed by atoms with van der Waals surface area (Å²) < 4.78 is 0. The molecule has 0 nitrogen and oxygen atoms in total. The molecular formula is C15H28. The molecule has 88 valence electrons. The van der Waals surface area contributed by atoms with Gasteiger partial charge in [0.05, 0.1) is 0 Å². The molecule has 0 aromatic heterocycles. The lowest BCUT2D eigenvalue weighted by Gasteiger charge is -2.37. The van der Waals surface area contributed by atoms with Gasteiger partial charge in [0.25, 0.3) is 0 Å². The van der Waals surface area contributed by atoms with Crippen molar-refractivity contribution in [1.82, 2.24) is 0 Å². The van der Waals surface area contributed by atoms with Gasteiger partial charge in [-0.15, -0.1) is 0 Å². The third kappa shape index (κ3) is 2.77. The maximum Gasteiger partial charge on any atom is -0.0334 e. The fourth-order valence-corrected chi connectivity index (χ4v) is 4.33. The standard InChI is InChI=1S/C15H28/c1-12(2)15(14-10-6-7-11-14)13-8-4-3-5-9-13/h12-15H,3-11H2,1-2H3. The Balaban J connectivity index is 1.97. The summed E-state index contributed by atoms with van der Waals surface area (Å²) in [6, 6.07) is 0. The highest BCUT2D eigenvalue weighted by Crippen LogP contribution is 2.44. The molecule has 0 aromatic carbocycles. The van der Waals surface area contributed by atoms with Crippen LogP contribution in [0.15, 0.2) is 0 Å². The quantitative estimate of drug-likeness (QED) is 0.610. The lowest BCUT2D eigenvalue weighted by molar-refractivity contribution is 0.130. The summed E-state index contributed by atoms with van der Waals surface area (Å²) in [5.41, 5.74) is 0. The third-order valence-corrected chi connectivity index (χ3v) is 4.91. The van der Waals surface area contributed by atoms with Crippen LogP contribution in [-0.2, 0) is 0 Å². The van der Waals surface area contributed by atoms with Crippen molar-refractivity contribution in [2.24, 2.45) is 23.7 Å². The summed E-state index contributed by atoms with van der Waals surface area (Å²) in [7, 11) is 0. The van der Waals surface area contributed by atoms with Gasteiger partial charge in [-0.1, -0.05) is 71.6 Å². The Kier molecular flexibility index (Phi) is 4.11. The molecule has 0 heteroatoms. The minimum Gasteiger partial charge on any atom is -0.0625 e. The fourth-order valence-electron chi connectivity index (χ4n) is 4.33. The van der Waals surface area contributed by atoms with Crippen molar-refractivity contribution < 1.29 is 0 Å². The van der Waals surface area contributed by atoms with E-state index in [0.29, 0.717) is 0 Å². The van der Waals surface area contributed by atoms with Crippen molar-refractivity contribution in [3.05, 3.63) is 0 Å². The molecule has 0 radical (unpaired) electrons. The summed E-state index contributed by atoms with van der Waals surface area (Å²) in [5.74, 6) is 4.17. The first kappa shape index (κ1) is 11.5. The third-order valence-electron chi connectivity index (χ3n) is 4.91. The van der Waals surface area contributed by atoms with Crippen LogP contribution in [0.5, 0.6) is 0 Å². The van der Waals surface area contributed by atoms with Crippen LogP contribution in [0.2, 0.25) is 0 Å². The summed E-state index contributed by atoms with van der Waals surface area (Å²) >= 11 is 0. The minimum absolute atomic E-state index is 0.927. The fraction of sp³-hybridized carbons (Fsp3) is 1.00. The monoisotopic (exact) mass is 208 g/mol. The average molecular weight is 208 g/mol. The molecule has 2 rings (SSSR count). The molecule has 0 aliphatic heterocycles. The minimum atomic E-state index is 0.927. The Morgan fingerprint density at radius 1 is 0.667 bits per heavy atom. The zero-order valence-electron chi connectivity index (χ0n) is 10.7. The first-order valence-electron chi connectivity index (χ1n) is 7.29. The number of rotatable bonds is 3. The van der Waals surface area contributed by atoms with Gasteiger partial charge in [0.1, 0.15) is 0 Å². The Hall–Kier alpha value is 0. The van der Waals surface area contributed by atoms with E-state index < -0.39 is 0 Å². The van der Waals surface area contributed by atoms with Crippen molar-refractivity contribution in [2.45, 2.75) is 71.6 Å². The topological polar surface area (TPSA) is 0 Å². The molecule has 0 bridgehead atoms. The molecule has 1 atom stereocenters. The smallest absolute Gasteiger partial charge is 0.0334 e.